The number of rotatable bonds is 4. The molecule has 4 aromatic carbocycles. The lowest BCUT2D eigenvalue weighted by molar-refractivity contribution is 0.738. The molecule has 0 aliphatic heterocycles. The fourth-order valence-corrected chi connectivity index (χ4v) is 5.61. The molecule has 1 unspecified atom stereocenters. The third-order valence-electron chi connectivity index (χ3n) is 6.88. The van der Waals surface area contributed by atoms with E-state index in [9.17, 15) is 0 Å². The van der Waals surface area contributed by atoms with Crippen LogP contribution in [0.3, 0.4) is 0 Å². The molecule has 0 fully saturated rings. The summed E-state index contributed by atoms with van der Waals surface area (Å²) in [4.78, 5) is 8.26. The Balaban J connectivity index is 1.86. The molecule has 0 radical (unpaired) electrons. The molecule has 1 N–H and O–H groups in total. The van der Waals surface area contributed by atoms with Crippen molar-refractivity contribution in [3.8, 4) is 11.1 Å². The molecule has 1 aliphatic carbocycles. The molecule has 0 saturated heterocycles. The second-order valence-electron chi connectivity index (χ2n) is 8.48. The highest BCUT2D eigenvalue weighted by molar-refractivity contribution is 6.17. The molecule has 1 heterocycles. The SMILES string of the molecule is C=N/C(=C\C=C/C)C1(c2ccccc2)c2ccccc2-c2c1ccc1[nH]c3ccccc3c21. The number of allylic oxidation sites excluding steroid dienone is 4. The molecule has 0 saturated carbocycles. The fraction of sp³-hybridized carbons (Fsp3) is 0.0645. The Hall–Kier alpha value is -4.17. The number of nitrogens with one attached hydrogen (secondary N) is 1. The molecule has 1 aliphatic rings. The van der Waals surface area contributed by atoms with Crippen LogP contribution >= 0.6 is 0 Å². The average molecular weight is 425 g/mol. The molecule has 1 aromatic heterocycles. The van der Waals surface area contributed by atoms with Crippen LogP contribution in [-0.2, 0) is 5.41 Å². The molecular formula is C31H24N2. The van der Waals surface area contributed by atoms with Gasteiger partial charge in [-0.3, -0.25) is 4.99 Å². The van der Waals surface area contributed by atoms with Gasteiger partial charge < -0.3 is 4.98 Å². The summed E-state index contributed by atoms with van der Waals surface area (Å²) in [6.45, 7) is 6.05. The number of aliphatic imine (C=N–C) groups is 1. The van der Waals surface area contributed by atoms with Crippen molar-refractivity contribution in [3.63, 3.8) is 0 Å². The Morgan fingerprint density at radius 3 is 2.39 bits per heavy atom. The lowest BCUT2D eigenvalue weighted by atomic mass is 9.69. The zero-order valence-corrected chi connectivity index (χ0v) is 18.5. The quantitative estimate of drug-likeness (QED) is 0.225. The van der Waals surface area contributed by atoms with Gasteiger partial charge in [-0.05, 0) is 59.7 Å². The van der Waals surface area contributed by atoms with Crippen molar-refractivity contribution >= 4 is 28.5 Å². The van der Waals surface area contributed by atoms with Crippen LogP contribution < -0.4 is 0 Å². The maximum absolute atomic E-state index is 4.64. The minimum absolute atomic E-state index is 0.541. The van der Waals surface area contributed by atoms with Crippen LogP contribution in [0.15, 0.2) is 120 Å². The summed E-state index contributed by atoms with van der Waals surface area (Å²) in [7, 11) is 0. The molecule has 5 aromatic rings. The molecule has 158 valence electrons. The summed E-state index contributed by atoms with van der Waals surface area (Å²) in [5.41, 5.74) is 8.90. The summed E-state index contributed by atoms with van der Waals surface area (Å²) < 4.78 is 0. The molecule has 2 nitrogen and oxygen atoms in total. The average Bonchev–Trinajstić information content (AvgIpc) is 3.39. The maximum atomic E-state index is 4.64. The van der Waals surface area contributed by atoms with E-state index in [-0.39, 0.29) is 0 Å². The molecule has 2 heteroatoms. The van der Waals surface area contributed by atoms with Gasteiger partial charge in [-0.25, -0.2) is 0 Å². The normalized spacial score (nSPS) is 17.5. The van der Waals surface area contributed by atoms with Crippen molar-refractivity contribution < 1.29 is 0 Å². The van der Waals surface area contributed by atoms with E-state index >= 15 is 0 Å². The van der Waals surface area contributed by atoms with Gasteiger partial charge in [0.05, 0.1) is 11.1 Å². The van der Waals surface area contributed by atoms with Gasteiger partial charge >= 0.3 is 0 Å². The summed E-state index contributed by atoms with van der Waals surface area (Å²) in [5, 5.41) is 2.51. The Morgan fingerprint density at radius 1 is 0.818 bits per heavy atom. The molecular weight excluding hydrogens is 400 g/mol. The molecule has 6 rings (SSSR count). The summed E-state index contributed by atoms with van der Waals surface area (Å²) in [6.07, 6.45) is 6.19. The predicted octanol–water partition coefficient (Wildman–Crippen LogP) is 7.80. The van der Waals surface area contributed by atoms with Gasteiger partial charge in [-0.2, -0.15) is 0 Å². The van der Waals surface area contributed by atoms with Gasteiger partial charge in [0, 0.05) is 21.8 Å². The van der Waals surface area contributed by atoms with Crippen molar-refractivity contribution in [1.29, 1.82) is 0 Å². The summed E-state index contributed by atoms with van der Waals surface area (Å²) in [6, 6.07) is 32.5. The third kappa shape index (κ3) is 2.58. The van der Waals surface area contributed by atoms with E-state index in [2.05, 4.69) is 120 Å². The van der Waals surface area contributed by atoms with Gasteiger partial charge in [0.1, 0.15) is 0 Å². The standard InChI is InChI=1S/C31H24N2/c1-3-4-18-28(32-2)31(21-12-6-5-7-13-21)24-16-10-8-14-22(24)29-25(31)19-20-27-30(29)23-15-9-11-17-26(23)33-27/h3-20,33H,2H2,1H3/b4-3-,28-18-. The van der Waals surface area contributed by atoms with E-state index in [1.807, 2.05) is 13.0 Å². The first-order valence-electron chi connectivity index (χ1n) is 11.3. The lowest BCUT2D eigenvalue weighted by Gasteiger charge is -2.33. The first-order chi connectivity index (χ1) is 16.3. The van der Waals surface area contributed by atoms with Crippen LogP contribution in [0.25, 0.3) is 32.9 Å². The van der Waals surface area contributed by atoms with E-state index in [4.69, 9.17) is 0 Å². The zero-order valence-electron chi connectivity index (χ0n) is 18.5. The van der Waals surface area contributed by atoms with Crippen LogP contribution in [0, 0.1) is 0 Å². The Labute approximate surface area is 193 Å². The number of fused-ring (bicyclic) bond motifs is 7. The van der Waals surface area contributed by atoms with E-state index in [0.29, 0.717) is 0 Å². The summed E-state index contributed by atoms with van der Waals surface area (Å²) >= 11 is 0. The van der Waals surface area contributed by atoms with Crippen molar-refractivity contribution in [2.75, 3.05) is 0 Å². The number of nitrogens with zero attached hydrogens (tertiary/aromatic N) is 1. The first kappa shape index (κ1) is 19.5. The number of para-hydroxylation sites is 1. The Kier molecular flexibility index (Phi) is 4.41. The highest BCUT2D eigenvalue weighted by Crippen LogP contribution is 2.58. The van der Waals surface area contributed by atoms with Gasteiger partial charge in [0.25, 0.3) is 0 Å². The van der Waals surface area contributed by atoms with Gasteiger partial charge in [-0.15, -0.1) is 0 Å². The highest BCUT2D eigenvalue weighted by Gasteiger charge is 2.48. The highest BCUT2D eigenvalue weighted by atomic mass is 14.8. The maximum Gasteiger partial charge on any atom is 0.0885 e. The van der Waals surface area contributed by atoms with E-state index in [1.54, 1.807) is 0 Å². The minimum atomic E-state index is -0.541. The van der Waals surface area contributed by atoms with Crippen molar-refractivity contribution in [3.05, 3.63) is 132 Å². The van der Waals surface area contributed by atoms with Crippen molar-refractivity contribution in [2.24, 2.45) is 4.99 Å². The third-order valence-corrected chi connectivity index (χ3v) is 6.88. The predicted molar refractivity (Wildman–Crippen MR) is 140 cm³/mol. The zero-order chi connectivity index (χ0) is 22.4. The van der Waals surface area contributed by atoms with E-state index in [0.717, 1.165) is 16.7 Å². The largest absolute Gasteiger partial charge is 0.354 e. The van der Waals surface area contributed by atoms with Crippen LogP contribution in [-0.4, -0.2) is 11.7 Å². The number of H-pyrrole nitrogens is 1. The topological polar surface area (TPSA) is 28.1 Å². The Bertz CT molecular complexity index is 1580. The Morgan fingerprint density at radius 2 is 1.58 bits per heavy atom. The lowest BCUT2D eigenvalue weighted by Crippen LogP contribution is -2.29. The van der Waals surface area contributed by atoms with Crippen LogP contribution in [0.5, 0.6) is 0 Å². The van der Waals surface area contributed by atoms with E-state index < -0.39 is 5.41 Å². The fourth-order valence-electron chi connectivity index (χ4n) is 5.61. The van der Waals surface area contributed by atoms with Gasteiger partial charge in [-0.1, -0.05) is 91.0 Å². The molecule has 33 heavy (non-hydrogen) atoms. The van der Waals surface area contributed by atoms with Crippen molar-refractivity contribution in [2.45, 2.75) is 12.3 Å². The number of aromatic amines is 1. The number of aromatic nitrogens is 1. The number of hydrogen-bond acceptors (Lipinski definition) is 1. The molecule has 0 bridgehead atoms. The van der Waals surface area contributed by atoms with Crippen LogP contribution in [0.2, 0.25) is 0 Å². The molecule has 1 atom stereocenters. The molecule has 0 amide bonds. The smallest absolute Gasteiger partial charge is 0.0885 e. The monoisotopic (exact) mass is 424 g/mol. The first-order valence-corrected chi connectivity index (χ1v) is 11.3. The van der Waals surface area contributed by atoms with Crippen molar-refractivity contribution in [1.82, 2.24) is 4.98 Å². The van der Waals surface area contributed by atoms with Crippen LogP contribution in [0.4, 0.5) is 0 Å². The summed E-state index contributed by atoms with van der Waals surface area (Å²) in [5.74, 6) is 0. The number of hydrogen-bond donors (Lipinski definition) is 1. The van der Waals surface area contributed by atoms with Gasteiger partial charge in [0.15, 0.2) is 0 Å². The van der Waals surface area contributed by atoms with E-state index in [1.165, 1.54) is 38.6 Å². The second kappa shape index (κ2) is 7.46. The number of benzene rings is 4. The van der Waals surface area contributed by atoms with Crippen LogP contribution in [0.1, 0.15) is 23.6 Å². The second-order valence-corrected chi connectivity index (χ2v) is 8.48. The molecule has 0 spiro atoms. The van der Waals surface area contributed by atoms with Gasteiger partial charge in [0.2, 0.25) is 0 Å². The minimum Gasteiger partial charge on any atom is -0.354 e.